The van der Waals surface area contributed by atoms with E-state index in [0.717, 1.165) is 32.0 Å². The van der Waals surface area contributed by atoms with E-state index in [0.29, 0.717) is 0 Å². The molecule has 2 rings (SSSR count). The van der Waals surface area contributed by atoms with Crippen molar-refractivity contribution in [3.05, 3.63) is 29.0 Å². The van der Waals surface area contributed by atoms with Gasteiger partial charge in [-0.15, -0.1) is 11.8 Å². The molecule has 1 N–H and O–H groups in total. The van der Waals surface area contributed by atoms with Crippen molar-refractivity contribution in [2.75, 3.05) is 29.9 Å². The van der Waals surface area contributed by atoms with Gasteiger partial charge < -0.3 is 10.2 Å². The van der Waals surface area contributed by atoms with E-state index >= 15 is 0 Å². The average Bonchev–Trinajstić information content (AvgIpc) is 2.51. The van der Waals surface area contributed by atoms with Crippen LogP contribution in [-0.2, 0) is 9.59 Å². The molecular formula is C15H18ClFN2O2S. The summed E-state index contributed by atoms with van der Waals surface area (Å²) >= 11 is 6.89. The molecule has 0 spiro atoms. The Morgan fingerprint density at radius 2 is 1.95 bits per heavy atom. The van der Waals surface area contributed by atoms with Gasteiger partial charge in [0.25, 0.3) is 0 Å². The molecule has 2 amide bonds. The number of hydrogen-bond donors (Lipinski definition) is 1. The minimum absolute atomic E-state index is 0.0650. The molecule has 22 heavy (non-hydrogen) atoms. The second-order valence-corrected chi connectivity index (χ2v) is 6.53. The number of benzene rings is 1. The highest BCUT2D eigenvalue weighted by Gasteiger charge is 2.16. The molecular weight excluding hydrogens is 327 g/mol. The predicted octanol–water partition coefficient (Wildman–Crippen LogP) is 3.16. The Bertz CT molecular complexity index is 550. The smallest absolute Gasteiger partial charge is 0.234 e. The number of anilines is 1. The normalized spacial score (nSPS) is 14.7. The first-order valence-corrected chi connectivity index (χ1v) is 8.70. The summed E-state index contributed by atoms with van der Waals surface area (Å²) in [7, 11) is 0. The fourth-order valence-corrected chi connectivity index (χ4v) is 3.12. The lowest BCUT2D eigenvalue weighted by atomic mass is 10.1. The molecule has 1 saturated heterocycles. The molecule has 1 fully saturated rings. The first-order chi connectivity index (χ1) is 10.6. The van der Waals surface area contributed by atoms with E-state index in [1.165, 1.54) is 30.3 Å². The Kier molecular flexibility index (Phi) is 6.51. The van der Waals surface area contributed by atoms with E-state index in [9.17, 15) is 14.0 Å². The summed E-state index contributed by atoms with van der Waals surface area (Å²) in [6, 6.07) is 4.07. The van der Waals surface area contributed by atoms with Crippen molar-refractivity contribution in [2.24, 2.45) is 0 Å². The fourth-order valence-electron chi connectivity index (χ4n) is 2.24. The van der Waals surface area contributed by atoms with Gasteiger partial charge in [-0.3, -0.25) is 9.59 Å². The van der Waals surface area contributed by atoms with Gasteiger partial charge in [0.1, 0.15) is 5.82 Å². The van der Waals surface area contributed by atoms with Crippen LogP contribution in [0.1, 0.15) is 19.3 Å². The zero-order valence-corrected chi connectivity index (χ0v) is 13.7. The lowest BCUT2D eigenvalue weighted by Gasteiger charge is -2.26. The lowest BCUT2D eigenvalue weighted by molar-refractivity contribution is -0.129. The second kappa shape index (κ2) is 8.39. The Morgan fingerprint density at radius 3 is 2.64 bits per heavy atom. The number of piperidine rings is 1. The number of nitrogens with zero attached hydrogens (tertiary/aromatic N) is 1. The van der Waals surface area contributed by atoms with Crippen molar-refractivity contribution >= 4 is 40.9 Å². The largest absolute Gasteiger partial charge is 0.342 e. The van der Waals surface area contributed by atoms with Crippen molar-refractivity contribution < 1.29 is 14.0 Å². The van der Waals surface area contributed by atoms with Gasteiger partial charge in [-0.1, -0.05) is 11.6 Å². The van der Waals surface area contributed by atoms with Crippen LogP contribution in [0.5, 0.6) is 0 Å². The van der Waals surface area contributed by atoms with Crippen LogP contribution >= 0.6 is 23.4 Å². The molecule has 0 bridgehead atoms. The highest BCUT2D eigenvalue weighted by molar-refractivity contribution is 8.00. The third-order valence-electron chi connectivity index (χ3n) is 3.37. The Hall–Kier alpha value is -1.27. The highest BCUT2D eigenvalue weighted by Crippen LogP contribution is 2.19. The maximum Gasteiger partial charge on any atom is 0.234 e. The first-order valence-electron chi connectivity index (χ1n) is 7.16. The number of halogens is 2. The number of likely N-dealkylation sites (tertiary alicyclic amines) is 1. The van der Waals surface area contributed by atoms with Crippen LogP contribution in [0.15, 0.2) is 18.2 Å². The van der Waals surface area contributed by atoms with Crippen LogP contribution in [0, 0.1) is 5.82 Å². The van der Waals surface area contributed by atoms with Crippen molar-refractivity contribution in [3.8, 4) is 0 Å². The predicted molar refractivity (Wildman–Crippen MR) is 87.8 cm³/mol. The summed E-state index contributed by atoms with van der Waals surface area (Å²) in [6.07, 6.45) is 3.27. The zero-order chi connectivity index (χ0) is 15.9. The summed E-state index contributed by atoms with van der Waals surface area (Å²) in [6.45, 7) is 1.61. The zero-order valence-electron chi connectivity index (χ0n) is 12.1. The number of carbonyl (C=O) groups excluding carboxylic acids is 2. The molecule has 120 valence electrons. The summed E-state index contributed by atoms with van der Waals surface area (Å²) in [5, 5.41) is 2.75. The number of carbonyl (C=O) groups is 2. The van der Waals surface area contributed by atoms with Gasteiger partial charge in [-0.2, -0.15) is 0 Å². The molecule has 1 aromatic carbocycles. The topological polar surface area (TPSA) is 49.4 Å². The number of hydrogen-bond acceptors (Lipinski definition) is 3. The molecule has 7 heteroatoms. The monoisotopic (exact) mass is 344 g/mol. The average molecular weight is 345 g/mol. The Balaban J connectivity index is 1.72. The van der Waals surface area contributed by atoms with Crippen molar-refractivity contribution in [3.63, 3.8) is 0 Å². The van der Waals surface area contributed by atoms with Gasteiger partial charge >= 0.3 is 0 Å². The van der Waals surface area contributed by atoms with Crippen molar-refractivity contribution in [2.45, 2.75) is 19.3 Å². The summed E-state index contributed by atoms with van der Waals surface area (Å²) in [4.78, 5) is 25.5. The van der Waals surface area contributed by atoms with Gasteiger partial charge in [-0.05, 0) is 37.5 Å². The van der Waals surface area contributed by atoms with E-state index in [2.05, 4.69) is 5.32 Å². The van der Waals surface area contributed by atoms with Crippen LogP contribution in [0.3, 0.4) is 0 Å². The summed E-state index contributed by atoms with van der Waals surface area (Å²) in [5.74, 6) is -0.457. The van der Waals surface area contributed by atoms with Crippen LogP contribution < -0.4 is 5.32 Å². The van der Waals surface area contributed by atoms with Crippen molar-refractivity contribution in [1.82, 2.24) is 4.90 Å². The molecule has 0 unspecified atom stereocenters. The van der Waals surface area contributed by atoms with Crippen LogP contribution in [-0.4, -0.2) is 41.3 Å². The Labute approximate surface area is 138 Å². The molecule has 1 aliphatic heterocycles. The molecule has 1 aliphatic rings. The van der Waals surface area contributed by atoms with E-state index in [1.807, 2.05) is 4.90 Å². The lowest BCUT2D eigenvalue weighted by Crippen LogP contribution is -2.37. The Morgan fingerprint density at radius 1 is 1.23 bits per heavy atom. The quantitative estimate of drug-likeness (QED) is 0.892. The van der Waals surface area contributed by atoms with Gasteiger partial charge in [0.15, 0.2) is 0 Å². The SMILES string of the molecule is O=C(CSCC(=O)N1CCCCC1)Nc1ccc(Cl)cc1F. The first kappa shape index (κ1) is 17.1. The fraction of sp³-hybridized carbons (Fsp3) is 0.467. The van der Waals surface area contributed by atoms with Gasteiger partial charge in [0.2, 0.25) is 11.8 Å². The van der Waals surface area contributed by atoms with Crippen molar-refractivity contribution in [1.29, 1.82) is 0 Å². The summed E-state index contributed by atoms with van der Waals surface area (Å²) < 4.78 is 13.5. The standard InChI is InChI=1S/C15H18ClFN2O2S/c16-11-4-5-13(12(17)8-11)18-14(20)9-22-10-15(21)19-6-2-1-3-7-19/h4-5,8H,1-3,6-7,9-10H2,(H,18,20). The number of nitrogens with one attached hydrogen (secondary N) is 1. The molecule has 1 heterocycles. The summed E-state index contributed by atoms with van der Waals surface area (Å²) in [5.41, 5.74) is 0.0948. The molecule has 4 nitrogen and oxygen atoms in total. The van der Waals surface area contributed by atoms with Crippen LogP contribution in [0.25, 0.3) is 0 Å². The van der Waals surface area contributed by atoms with Gasteiger partial charge in [-0.25, -0.2) is 4.39 Å². The third-order valence-corrected chi connectivity index (χ3v) is 4.53. The van der Waals surface area contributed by atoms with Gasteiger partial charge in [0.05, 0.1) is 17.2 Å². The van der Waals surface area contributed by atoms with E-state index < -0.39 is 5.82 Å². The number of amides is 2. The van der Waals surface area contributed by atoms with E-state index in [4.69, 9.17) is 11.6 Å². The number of thioether (sulfide) groups is 1. The van der Waals surface area contributed by atoms with Crippen LogP contribution in [0.2, 0.25) is 5.02 Å². The maximum atomic E-state index is 13.5. The maximum absolute atomic E-state index is 13.5. The second-order valence-electron chi connectivity index (χ2n) is 5.11. The van der Waals surface area contributed by atoms with Crippen LogP contribution in [0.4, 0.5) is 10.1 Å². The third kappa shape index (κ3) is 5.18. The minimum Gasteiger partial charge on any atom is -0.342 e. The molecule has 0 aliphatic carbocycles. The van der Waals surface area contributed by atoms with E-state index in [1.54, 1.807) is 0 Å². The molecule has 0 saturated carbocycles. The highest BCUT2D eigenvalue weighted by atomic mass is 35.5. The van der Waals surface area contributed by atoms with E-state index in [-0.39, 0.29) is 34.0 Å². The molecule has 0 aromatic heterocycles. The van der Waals surface area contributed by atoms with Gasteiger partial charge in [0, 0.05) is 18.1 Å². The molecule has 1 aromatic rings. The minimum atomic E-state index is -0.574. The molecule has 0 atom stereocenters. The molecule has 0 radical (unpaired) electrons. The number of rotatable bonds is 5.